The van der Waals surface area contributed by atoms with Gasteiger partial charge in [0.15, 0.2) is 0 Å². The van der Waals surface area contributed by atoms with Crippen LogP contribution in [-0.4, -0.2) is 28.9 Å². The Morgan fingerprint density at radius 1 is 1.40 bits per heavy atom. The molecule has 20 heavy (non-hydrogen) atoms. The van der Waals surface area contributed by atoms with E-state index in [1.165, 1.54) is 12.1 Å². The molecule has 0 aliphatic heterocycles. The molecule has 1 N–H and O–H groups in total. The third-order valence-electron chi connectivity index (χ3n) is 3.32. The van der Waals surface area contributed by atoms with Crippen LogP contribution in [0, 0.1) is 5.82 Å². The molecule has 1 aromatic carbocycles. The van der Waals surface area contributed by atoms with Crippen molar-refractivity contribution in [2.24, 2.45) is 0 Å². The lowest BCUT2D eigenvalue weighted by molar-refractivity contribution is -0.131. The molecule has 1 aliphatic rings. The molecule has 1 saturated carbocycles. The van der Waals surface area contributed by atoms with Gasteiger partial charge in [-0.3, -0.25) is 4.79 Å². The summed E-state index contributed by atoms with van der Waals surface area (Å²) in [5.41, 5.74) is 0.769. The van der Waals surface area contributed by atoms with Gasteiger partial charge in [0.25, 0.3) is 0 Å². The Bertz CT molecular complexity index is 478. The summed E-state index contributed by atoms with van der Waals surface area (Å²) < 4.78 is 13.2. The monoisotopic (exact) mass is 278 g/mol. The van der Waals surface area contributed by atoms with Crippen molar-refractivity contribution < 1.29 is 9.18 Å². The Kier molecular flexibility index (Phi) is 4.43. The van der Waals surface area contributed by atoms with Gasteiger partial charge in [-0.2, -0.15) is 0 Å². The van der Waals surface area contributed by atoms with E-state index < -0.39 is 0 Å². The molecular weight excluding hydrogens is 255 g/mol. The molecule has 0 unspecified atom stereocenters. The van der Waals surface area contributed by atoms with Crippen molar-refractivity contribution in [2.75, 3.05) is 6.54 Å². The van der Waals surface area contributed by atoms with Crippen LogP contribution in [0.4, 0.5) is 4.39 Å². The Morgan fingerprint density at radius 2 is 2.10 bits per heavy atom. The third-order valence-corrected chi connectivity index (χ3v) is 3.32. The molecule has 1 aliphatic carbocycles. The van der Waals surface area contributed by atoms with E-state index in [0.29, 0.717) is 19.1 Å². The van der Waals surface area contributed by atoms with Crippen molar-refractivity contribution in [3.05, 3.63) is 35.6 Å². The minimum absolute atomic E-state index is 0.0796. The zero-order valence-electron chi connectivity index (χ0n) is 12.4. The van der Waals surface area contributed by atoms with Crippen LogP contribution in [0.3, 0.4) is 0 Å². The number of nitrogens with one attached hydrogen (secondary N) is 1. The van der Waals surface area contributed by atoms with E-state index in [9.17, 15) is 9.18 Å². The zero-order valence-corrected chi connectivity index (χ0v) is 12.4. The molecule has 1 aromatic rings. The van der Waals surface area contributed by atoms with Gasteiger partial charge in [-0.05, 0) is 51.3 Å². The summed E-state index contributed by atoms with van der Waals surface area (Å²) in [5, 5.41) is 3.22. The van der Waals surface area contributed by atoms with Crippen LogP contribution in [0.15, 0.2) is 24.3 Å². The molecule has 1 fully saturated rings. The van der Waals surface area contributed by atoms with Crippen molar-refractivity contribution in [3.8, 4) is 0 Å². The zero-order chi connectivity index (χ0) is 14.8. The summed E-state index contributed by atoms with van der Waals surface area (Å²) in [6.07, 6.45) is 2.10. The fraction of sp³-hybridized carbons (Fsp3) is 0.562. The molecular formula is C16H23FN2O. The van der Waals surface area contributed by atoms with Crippen LogP contribution in [0.5, 0.6) is 0 Å². The molecule has 1 amide bonds. The van der Waals surface area contributed by atoms with Gasteiger partial charge in [-0.25, -0.2) is 4.39 Å². The summed E-state index contributed by atoms with van der Waals surface area (Å²) in [6.45, 7) is 6.93. The smallest absolute Gasteiger partial charge is 0.237 e. The van der Waals surface area contributed by atoms with E-state index in [-0.39, 0.29) is 17.3 Å². The van der Waals surface area contributed by atoms with E-state index in [2.05, 4.69) is 5.32 Å². The maximum Gasteiger partial charge on any atom is 0.237 e. The van der Waals surface area contributed by atoms with Crippen molar-refractivity contribution >= 4 is 5.91 Å². The van der Waals surface area contributed by atoms with E-state index in [1.807, 2.05) is 31.7 Å². The molecule has 4 heteroatoms. The second-order valence-electron chi connectivity index (χ2n) is 6.49. The summed E-state index contributed by atoms with van der Waals surface area (Å²) in [7, 11) is 0. The van der Waals surface area contributed by atoms with Crippen LogP contribution in [-0.2, 0) is 11.3 Å². The summed E-state index contributed by atoms with van der Waals surface area (Å²) in [6, 6.07) is 6.80. The van der Waals surface area contributed by atoms with E-state index in [4.69, 9.17) is 0 Å². The number of rotatable bonds is 5. The molecule has 2 rings (SSSR count). The highest BCUT2D eigenvalue weighted by Gasteiger charge is 2.32. The largest absolute Gasteiger partial charge is 0.334 e. The molecule has 0 saturated heterocycles. The first kappa shape index (κ1) is 15.0. The number of benzene rings is 1. The van der Waals surface area contributed by atoms with Crippen LogP contribution in [0.25, 0.3) is 0 Å². The maximum absolute atomic E-state index is 13.2. The second kappa shape index (κ2) is 5.92. The fourth-order valence-electron chi connectivity index (χ4n) is 2.08. The van der Waals surface area contributed by atoms with Crippen LogP contribution in [0.2, 0.25) is 0 Å². The lowest BCUT2D eigenvalue weighted by Gasteiger charge is -2.26. The first-order valence-corrected chi connectivity index (χ1v) is 7.14. The highest BCUT2D eigenvalue weighted by atomic mass is 19.1. The molecule has 0 bridgehead atoms. The normalized spacial score (nSPS) is 15.2. The maximum atomic E-state index is 13.2. The average Bonchev–Trinajstić information content (AvgIpc) is 3.16. The summed E-state index contributed by atoms with van der Waals surface area (Å²) >= 11 is 0. The first-order chi connectivity index (χ1) is 9.35. The minimum atomic E-state index is -0.251. The lowest BCUT2D eigenvalue weighted by atomic mass is 10.1. The van der Waals surface area contributed by atoms with Gasteiger partial charge in [0, 0.05) is 18.1 Å². The molecule has 0 spiro atoms. The predicted octanol–water partition coefficient (Wildman–Crippen LogP) is 2.70. The van der Waals surface area contributed by atoms with Gasteiger partial charge in [0.1, 0.15) is 5.82 Å². The topological polar surface area (TPSA) is 32.3 Å². The Hall–Kier alpha value is -1.42. The van der Waals surface area contributed by atoms with Crippen molar-refractivity contribution in [3.63, 3.8) is 0 Å². The van der Waals surface area contributed by atoms with E-state index in [1.54, 1.807) is 6.07 Å². The SMILES string of the molecule is CC(C)(C)NCC(=O)N(Cc1cccc(F)c1)C1CC1. The van der Waals surface area contributed by atoms with Crippen LogP contribution in [0.1, 0.15) is 39.2 Å². The second-order valence-corrected chi connectivity index (χ2v) is 6.49. The number of nitrogens with zero attached hydrogens (tertiary/aromatic N) is 1. The van der Waals surface area contributed by atoms with Crippen LogP contribution < -0.4 is 5.32 Å². The van der Waals surface area contributed by atoms with Crippen molar-refractivity contribution in [1.82, 2.24) is 10.2 Å². The van der Waals surface area contributed by atoms with Gasteiger partial charge in [-0.1, -0.05) is 12.1 Å². The fourth-order valence-corrected chi connectivity index (χ4v) is 2.08. The Labute approximate surface area is 120 Å². The number of carbonyl (C=O) groups excluding carboxylic acids is 1. The van der Waals surface area contributed by atoms with Crippen LogP contribution >= 0.6 is 0 Å². The van der Waals surface area contributed by atoms with E-state index >= 15 is 0 Å². The Balaban J connectivity index is 1.98. The molecule has 0 aromatic heterocycles. The molecule has 0 heterocycles. The van der Waals surface area contributed by atoms with E-state index in [0.717, 1.165) is 18.4 Å². The van der Waals surface area contributed by atoms with Crippen molar-refractivity contribution in [1.29, 1.82) is 0 Å². The van der Waals surface area contributed by atoms with Gasteiger partial charge in [-0.15, -0.1) is 0 Å². The predicted molar refractivity (Wildman–Crippen MR) is 77.7 cm³/mol. The molecule has 0 atom stereocenters. The highest BCUT2D eigenvalue weighted by molar-refractivity contribution is 5.79. The number of amides is 1. The number of hydrogen-bond donors (Lipinski definition) is 1. The van der Waals surface area contributed by atoms with Gasteiger partial charge in [0.05, 0.1) is 6.54 Å². The van der Waals surface area contributed by atoms with Crippen molar-refractivity contribution in [2.45, 2.75) is 51.7 Å². The lowest BCUT2D eigenvalue weighted by Crippen LogP contribution is -2.45. The highest BCUT2D eigenvalue weighted by Crippen LogP contribution is 2.28. The molecule has 110 valence electrons. The quantitative estimate of drug-likeness (QED) is 0.898. The molecule has 0 radical (unpaired) electrons. The minimum Gasteiger partial charge on any atom is -0.334 e. The first-order valence-electron chi connectivity index (χ1n) is 7.14. The standard InChI is InChI=1S/C16H23FN2O/c1-16(2,3)18-10-15(20)19(14-7-8-14)11-12-5-4-6-13(17)9-12/h4-6,9,14,18H,7-8,10-11H2,1-3H3. The number of hydrogen-bond acceptors (Lipinski definition) is 2. The molecule has 3 nitrogen and oxygen atoms in total. The third kappa shape index (κ3) is 4.60. The summed E-state index contributed by atoms with van der Waals surface area (Å²) in [5.74, 6) is -0.162. The summed E-state index contributed by atoms with van der Waals surface area (Å²) in [4.78, 5) is 14.2. The van der Waals surface area contributed by atoms with Gasteiger partial charge < -0.3 is 10.2 Å². The van der Waals surface area contributed by atoms with Gasteiger partial charge in [0.2, 0.25) is 5.91 Å². The van der Waals surface area contributed by atoms with Gasteiger partial charge >= 0.3 is 0 Å². The number of carbonyl (C=O) groups is 1. The Morgan fingerprint density at radius 3 is 2.65 bits per heavy atom. The average molecular weight is 278 g/mol. The number of halogens is 1.